The molecule has 2 rings (SSSR count). The van der Waals surface area contributed by atoms with E-state index < -0.39 is 0 Å². The summed E-state index contributed by atoms with van der Waals surface area (Å²) in [5, 5.41) is 7.31. The highest BCUT2D eigenvalue weighted by atomic mass is 16.5. The summed E-state index contributed by atoms with van der Waals surface area (Å²) in [4.78, 5) is 4.35. The predicted octanol–water partition coefficient (Wildman–Crippen LogP) is 0.113. The first kappa shape index (κ1) is 10.6. The van der Waals surface area contributed by atoms with Crippen LogP contribution in [0.3, 0.4) is 0 Å². The molecule has 5 heteroatoms. The SMILES string of the molecule is NCCCc1nc(CC2CCNC2)no1. The molecule has 1 atom stereocenters. The molecule has 3 N–H and O–H groups in total. The number of nitrogens with one attached hydrogen (secondary N) is 1. The Morgan fingerprint density at radius 3 is 3.20 bits per heavy atom. The molecule has 0 aromatic carbocycles. The maximum Gasteiger partial charge on any atom is 0.226 e. The highest BCUT2D eigenvalue weighted by Gasteiger charge is 2.17. The Balaban J connectivity index is 1.83. The summed E-state index contributed by atoms with van der Waals surface area (Å²) in [5.41, 5.74) is 5.42. The highest BCUT2D eigenvalue weighted by Crippen LogP contribution is 2.13. The van der Waals surface area contributed by atoms with Crippen LogP contribution in [0, 0.1) is 5.92 Å². The van der Waals surface area contributed by atoms with E-state index in [0.717, 1.165) is 44.1 Å². The van der Waals surface area contributed by atoms with E-state index in [0.29, 0.717) is 12.5 Å². The van der Waals surface area contributed by atoms with E-state index in [9.17, 15) is 0 Å². The van der Waals surface area contributed by atoms with E-state index in [1.54, 1.807) is 0 Å². The minimum atomic E-state index is 0.671. The van der Waals surface area contributed by atoms with Gasteiger partial charge in [-0.05, 0) is 38.4 Å². The van der Waals surface area contributed by atoms with Gasteiger partial charge in [-0.2, -0.15) is 4.98 Å². The van der Waals surface area contributed by atoms with Gasteiger partial charge in [-0.3, -0.25) is 0 Å². The third-order valence-corrected chi connectivity index (χ3v) is 2.74. The molecule has 1 unspecified atom stereocenters. The molecule has 0 saturated carbocycles. The van der Waals surface area contributed by atoms with Crippen LogP contribution in [0.1, 0.15) is 24.6 Å². The second kappa shape index (κ2) is 5.23. The zero-order valence-corrected chi connectivity index (χ0v) is 8.91. The first-order valence-electron chi connectivity index (χ1n) is 5.60. The fourth-order valence-electron chi connectivity index (χ4n) is 1.87. The summed E-state index contributed by atoms with van der Waals surface area (Å²) >= 11 is 0. The molecular weight excluding hydrogens is 192 g/mol. The summed E-state index contributed by atoms with van der Waals surface area (Å²) in [7, 11) is 0. The molecule has 0 aliphatic carbocycles. The average molecular weight is 210 g/mol. The minimum Gasteiger partial charge on any atom is -0.339 e. The first-order chi connectivity index (χ1) is 7.38. The van der Waals surface area contributed by atoms with Gasteiger partial charge in [0.25, 0.3) is 0 Å². The van der Waals surface area contributed by atoms with Crippen molar-refractivity contribution in [1.82, 2.24) is 15.5 Å². The number of hydrogen-bond acceptors (Lipinski definition) is 5. The lowest BCUT2D eigenvalue weighted by Crippen LogP contribution is -2.11. The van der Waals surface area contributed by atoms with E-state index in [4.69, 9.17) is 10.3 Å². The van der Waals surface area contributed by atoms with Crippen molar-refractivity contribution in [3.8, 4) is 0 Å². The van der Waals surface area contributed by atoms with Crippen molar-refractivity contribution in [2.45, 2.75) is 25.7 Å². The van der Waals surface area contributed by atoms with Crippen LogP contribution in [-0.4, -0.2) is 29.8 Å². The molecule has 2 heterocycles. The normalized spacial score (nSPS) is 21.0. The van der Waals surface area contributed by atoms with E-state index in [1.165, 1.54) is 6.42 Å². The quantitative estimate of drug-likeness (QED) is 0.721. The predicted molar refractivity (Wildman–Crippen MR) is 56.4 cm³/mol. The monoisotopic (exact) mass is 210 g/mol. The molecule has 1 aromatic rings. The maximum atomic E-state index is 5.42. The highest BCUT2D eigenvalue weighted by molar-refractivity contribution is 4.90. The zero-order valence-electron chi connectivity index (χ0n) is 8.91. The largest absolute Gasteiger partial charge is 0.339 e. The van der Waals surface area contributed by atoms with Crippen LogP contribution in [-0.2, 0) is 12.8 Å². The van der Waals surface area contributed by atoms with E-state index in [1.807, 2.05) is 0 Å². The van der Waals surface area contributed by atoms with Crippen molar-refractivity contribution in [2.24, 2.45) is 11.7 Å². The van der Waals surface area contributed by atoms with Gasteiger partial charge in [-0.1, -0.05) is 5.16 Å². The Bertz CT molecular complexity index is 293. The molecule has 5 nitrogen and oxygen atoms in total. The summed E-state index contributed by atoms with van der Waals surface area (Å²) in [6.07, 6.45) is 3.85. The van der Waals surface area contributed by atoms with Gasteiger partial charge < -0.3 is 15.6 Å². The fraction of sp³-hybridized carbons (Fsp3) is 0.800. The number of nitrogens with two attached hydrogens (primary N) is 1. The van der Waals surface area contributed by atoms with Gasteiger partial charge >= 0.3 is 0 Å². The number of nitrogens with zero attached hydrogens (tertiary/aromatic N) is 2. The van der Waals surface area contributed by atoms with E-state index in [-0.39, 0.29) is 0 Å². The maximum absolute atomic E-state index is 5.42. The lowest BCUT2D eigenvalue weighted by molar-refractivity contribution is 0.368. The van der Waals surface area contributed by atoms with Crippen molar-refractivity contribution in [2.75, 3.05) is 19.6 Å². The molecule has 0 spiro atoms. The Morgan fingerprint density at radius 2 is 2.47 bits per heavy atom. The number of rotatable bonds is 5. The number of hydrogen-bond donors (Lipinski definition) is 2. The lowest BCUT2D eigenvalue weighted by atomic mass is 10.1. The summed E-state index contributed by atoms with van der Waals surface area (Å²) < 4.78 is 5.14. The molecular formula is C10H18N4O. The van der Waals surface area contributed by atoms with Crippen molar-refractivity contribution in [1.29, 1.82) is 0 Å². The van der Waals surface area contributed by atoms with Crippen LogP contribution in [0.4, 0.5) is 0 Å². The number of aromatic nitrogens is 2. The molecule has 0 radical (unpaired) electrons. The third kappa shape index (κ3) is 3.00. The summed E-state index contributed by atoms with van der Waals surface area (Å²) in [6, 6.07) is 0. The van der Waals surface area contributed by atoms with Crippen LogP contribution < -0.4 is 11.1 Å². The lowest BCUT2D eigenvalue weighted by Gasteiger charge is -2.01. The van der Waals surface area contributed by atoms with Gasteiger partial charge in [0.05, 0.1) is 0 Å². The molecule has 1 aromatic heterocycles. The van der Waals surface area contributed by atoms with Gasteiger partial charge in [0.15, 0.2) is 5.82 Å². The van der Waals surface area contributed by atoms with Crippen molar-refractivity contribution < 1.29 is 4.52 Å². The van der Waals surface area contributed by atoms with Crippen molar-refractivity contribution in [3.05, 3.63) is 11.7 Å². The van der Waals surface area contributed by atoms with Crippen LogP contribution in [0.5, 0.6) is 0 Å². The smallest absolute Gasteiger partial charge is 0.226 e. The van der Waals surface area contributed by atoms with Gasteiger partial charge in [-0.25, -0.2) is 0 Å². The topological polar surface area (TPSA) is 77.0 Å². The molecule has 0 amide bonds. The Kier molecular flexibility index (Phi) is 3.69. The van der Waals surface area contributed by atoms with E-state index in [2.05, 4.69) is 15.5 Å². The molecule has 84 valence electrons. The van der Waals surface area contributed by atoms with E-state index >= 15 is 0 Å². The third-order valence-electron chi connectivity index (χ3n) is 2.74. The fourth-order valence-corrected chi connectivity index (χ4v) is 1.87. The van der Waals surface area contributed by atoms with Crippen LogP contribution in [0.15, 0.2) is 4.52 Å². The Hall–Kier alpha value is -0.940. The summed E-state index contributed by atoms with van der Waals surface area (Å²) in [6.45, 7) is 2.86. The van der Waals surface area contributed by atoms with Gasteiger partial charge in [-0.15, -0.1) is 0 Å². The second-order valence-electron chi connectivity index (χ2n) is 4.06. The first-order valence-corrected chi connectivity index (χ1v) is 5.60. The minimum absolute atomic E-state index is 0.671. The van der Waals surface area contributed by atoms with Gasteiger partial charge in [0.2, 0.25) is 5.89 Å². The molecule has 1 saturated heterocycles. The average Bonchev–Trinajstić information content (AvgIpc) is 2.87. The second-order valence-corrected chi connectivity index (χ2v) is 4.06. The van der Waals surface area contributed by atoms with Crippen LogP contribution in [0.2, 0.25) is 0 Å². The standard InChI is InChI=1S/C10H18N4O/c11-4-1-2-10-13-9(14-15-10)6-8-3-5-12-7-8/h8,12H,1-7,11H2. The van der Waals surface area contributed by atoms with Crippen LogP contribution in [0.25, 0.3) is 0 Å². The van der Waals surface area contributed by atoms with Crippen molar-refractivity contribution >= 4 is 0 Å². The Labute approximate surface area is 89.4 Å². The molecule has 1 aliphatic heterocycles. The molecule has 15 heavy (non-hydrogen) atoms. The zero-order chi connectivity index (χ0) is 10.5. The summed E-state index contributed by atoms with van der Waals surface area (Å²) in [5.74, 6) is 2.24. The van der Waals surface area contributed by atoms with Crippen LogP contribution >= 0.6 is 0 Å². The van der Waals surface area contributed by atoms with Gasteiger partial charge in [0, 0.05) is 12.8 Å². The molecule has 1 fully saturated rings. The van der Waals surface area contributed by atoms with Crippen molar-refractivity contribution in [3.63, 3.8) is 0 Å². The number of aryl methyl sites for hydroxylation is 1. The Morgan fingerprint density at radius 1 is 1.53 bits per heavy atom. The van der Waals surface area contributed by atoms with Gasteiger partial charge in [0.1, 0.15) is 0 Å². The molecule has 0 bridgehead atoms. The molecule has 1 aliphatic rings.